The van der Waals surface area contributed by atoms with Crippen LogP contribution in [-0.4, -0.2) is 37.2 Å². The van der Waals surface area contributed by atoms with Crippen LogP contribution in [0.3, 0.4) is 0 Å². The number of nitrogens with zero attached hydrogens (tertiary/aromatic N) is 1. The third-order valence-corrected chi connectivity index (χ3v) is 4.66. The molecule has 1 atom stereocenters. The van der Waals surface area contributed by atoms with E-state index in [-0.39, 0.29) is 11.9 Å². The van der Waals surface area contributed by atoms with Gasteiger partial charge in [0.2, 0.25) is 5.91 Å². The van der Waals surface area contributed by atoms with Gasteiger partial charge in [0, 0.05) is 23.6 Å². The molecule has 0 bridgehead atoms. The molecule has 23 heavy (non-hydrogen) atoms. The minimum Gasteiger partial charge on any atom is -0.354 e. The molecule has 0 unspecified atom stereocenters. The van der Waals surface area contributed by atoms with Gasteiger partial charge in [-0.05, 0) is 31.8 Å². The van der Waals surface area contributed by atoms with Gasteiger partial charge in [-0.3, -0.25) is 4.79 Å². The van der Waals surface area contributed by atoms with Gasteiger partial charge in [-0.1, -0.05) is 48.5 Å². The summed E-state index contributed by atoms with van der Waals surface area (Å²) in [6.07, 6.45) is 0.536. The number of thioether (sulfide) groups is 1. The van der Waals surface area contributed by atoms with E-state index in [0.717, 1.165) is 5.75 Å². The topological polar surface area (TPSA) is 32.3 Å². The van der Waals surface area contributed by atoms with Gasteiger partial charge in [-0.2, -0.15) is 0 Å². The van der Waals surface area contributed by atoms with Crippen molar-refractivity contribution in [2.24, 2.45) is 0 Å². The molecule has 0 aliphatic carbocycles. The fraction of sp³-hybridized carbons (Fsp3) is 0.316. The zero-order chi connectivity index (χ0) is 16.5. The normalized spacial score (nSPS) is 12.1. The lowest BCUT2D eigenvalue weighted by molar-refractivity contribution is -0.120. The molecule has 2 rings (SSSR count). The molecule has 1 amide bonds. The number of rotatable bonds is 8. The maximum Gasteiger partial charge on any atom is 0.220 e. The van der Waals surface area contributed by atoms with E-state index in [1.54, 1.807) is 11.8 Å². The smallest absolute Gasteiger partial charge is 0.220 e. The van der Waals surface area contributed by atoms with Crippen molar-refractivity contribution < 1.29 is 4.79 Å². The van der Waals surface area contributed by atoms with E-state index in [1.165, 1.54) is 10.5 Å². The van der Waals surface area contributed by atoms with Crippen molar-refractivity contribution in [2.75, 3.05) is 26.4 Å². The van der Waals surface area contributed by atoms with Gasteiger partial charge < -0.3 is 10.2 Å². The molecule has 122 valence electrons. The van der Waals surface area contributed by atoms with Crippen LogP contribution in [-0.2, 0) is 4.79 Å². The quantitative estimate of drug-likeness (QED) is 0.752. The number of benzene rings is 2. The fourth-order valence-corrected chi connectivity index (χ4v) is 3.22. The van der Waals surface area contributed by atoms with E-state index >= 15 is 0 Å². The molecule has 0 fully saturated rings. The maximum absolute atomic E-state index is 12.0. The van der Waals surface area contributed by atoms with Gasteiger partial charge in [0.15, 0.2) is 0 Å². The zero-order valence-corrected chi connectivity index (χ0v) is 14.6. The second-order valence-electron chi connectivity index (χ2n) is 5.61. The van der Waals surface area contributed by atoms with E-state index in [9.17, 15) is 4.79 Å². The third-order valence-electron chi connectivity index (χ3n) is 3.64. The summed E-state index contributed by atoms with van der Waals surface area (Å²) in [6.45, 7) is 0.631. The van der Waals surface area contributed by atoms with Crippen molar-refractivity contribution in [1.82, 2.24) is 10.2 Å². The first kappa shape index (κ1) is 17.6. The largest absolute Gasteiger partial charge is 0.354 e. The van der Waals surface area contributed by atoms with E-state index in [4.69, 9.17) is 0 Å². The minimum absolute atomic E-state index is 0.108. The van der Waals surface area contributed by atoms with Crippen LogP contribution in [0.5, 0.6) is 0 Å². The van der Waals surface area contributed by atoms with Crippen LogP contribution in [0.2, 0.25) is 0 Å². The van der Waals surface area contributed by atoms with Crippen LogP contribution in [0.4, 0.5) is 0 Å². The molecule has 2 aromatic carbocycles. The Balaban J connectivity index is 1.76. The molecule has 0 saturated heterocycles. The molecule has 0 aliphatic heterocycles. The molecule has 0 aliphatic rings. The van der Waals surface area contributed by atoms with Gasteiger partial charge >= 0.3 is 0 Å². The number of hydrogen-bond donors (Lipinski definition) is 1. The maximum atomic E-state index is 12.0. The standard InChI is InChI=1S/C19H24N2OS/c1-21(2)18(16-9-5-3-6-10-16)15-20-19(22)13-14-23-17-11-7-4-8-12-17/h3-12,18H,13-15H2,1-2H3,(H,20,22)/t18-/m0/s1. The van der Waals surface area contributed by atoms with E-state index in [2.05, 4.69) is 34.5 Å². The van der Waals surface area contributed by atoms with Crippen LogP contribution in [0.25, 0.3) is 0 Å². The lowest BCUT2D eigenvalue weighted by Crippen LogP contribution is -2.34. The van der Waals surface area contributed by atoms with E-state index < -0.39 is 0 Å². The first-order valence-electron chi connectivity index (χ1n) is 7.82. The van der Waals surface area contributed by atoms with E-state index in [0.29, 0.717) is 13.0 Å². The molecule has 0 spiro atoms. The predicted octanol–water partition coefficient (Wildman–Crippen LogP) is 3.59. The number of nitrogens with one attached hydrogen (secondary N) is 1. The molecule has 0 saturated carbocycles. The number of likely N-dealkylation sites (N-methyl/N-ethyl adjacent to an activating group) is 1. The Bertz CT molecular complexity index is 587. The lowest BCUT2D eigenvalue weighted by Gasteiger charge is -2.25. The van der Waals surface area contributed by atoms with E-state index in [1.807, 2.05) is 50.5 Å². The van der Waals surface area contributed by atoms with Crippen LogP contribution in [0, 0.1) is 0 Å². The number of carbonyl (C=O) groups is 1. The van der Waals surface area contributed by atoms with Crippen molar-refractivity contribution >= 4 is 17.7 Å². The van der Waals surface area contributed by atoms with Crippen molar-refractivity contribution in [3.05, 3.63) is 66.2 Å². The fourth-order valence-electron chi connectivity index (χ4n) is 2.35. The highest BCUT2D eigenvalue weighted by Gasteiger charge is 2.14. The Kier molecular flexibility index (Phi) is 7.17. The molecule has 2 aromatic rings. The SMILES string of the molecule is CN(C)[C@@H](CNC(=O)CCSc1ccccc1)c1ccccc1. The average molecular weight is 328 g/mol. The number of amides is 1. The third kappa shape index (κ3) is 6.08. The summed E-state index contributed by atoms with van der Waals surface area (Å²) in [6, 6.07) is 20.6. The highest BCUT2D eigenvalue weighted by molar-refractivity contribution is 7.99. The average Bonchev–Trinajstić information content (AvgIpc) is 2.57. The van der Waals surface area contributed by atoms with Crippen molar-refractivity contribution in [3.8, 4) is 0 Å². The minimum atomic E-state index is 0.108. The Labute approximate surface area is 143 Å². The monoisotopic (exact) mass is 328 g/mol. The summed E-state index contributed by atoms with van der Waals surface area (Å²) in [4.78, 5) is 15.4. The van der Waals surface area contributed by atoms with Gasteiger partial charge in [-0.25, -0.2) is 0 Å². The molecule has 0 aromatic heterocycles. The van der Waals surface area contributed by atoms with Gasteiger partial charge in [0.25, 0.3) is 0 Å². The van der Waals surface area contributed by atoms with Crippen LogP contribution >= 0.6 is 11.8 Å². The first-order chi connectivity index (χ1) is 11.2. The highest BCUT2D eigenvalue weighted by Crippen LogP contribution is 2.18. The second kappa shape index (κ2) is 9.38. The number of hydrogen-bond acceptors (Lipinski definition) is 3. The Morgan fingerprint density at radius 1 is 1.04 bits per heavy atom. The molecule has 3 nitrogen and oxygen atoms in total. The van der Waals surface area contributed by atoms with Crippen molar-refractivity contribution in [1.29, 1.82) is 0 Å². The molecule has 1 N–H and O–H groups in total. The Morgan fingerprint density at radius 2 is 1.65 bits per heavy atom. The predicted molar refractivity (Wildman–Crippen MR) is 97.7 cm³/mol. The molecule has 4 heteroatoms. The van der Waals surface area contributed by atoms with Crippen LogP contribution < -0.4 is 5.32 Å². The summed E-state index contributed by atoms with van der Waals surface area (Å²) in [7, 11) is 4.07. The lowest BCUT2D eigenvalue weighted by atomic mass is 10.1. The van der Waals surface area contributed by atoms with Crippen LogP contribution in [0.1, 0.15) is 18.0 Å². The highest BCUT2D eigenvalue weighted by atomic mass is 32.2. The summed E-state index contributed by atoms with van der Waals surface area (Å²) < 4.78 is 0. The van der Waals surface area contributed by atoms with Crippen molar-refractivity contribution in [3.63, 3.8) is 0 Å². The van der Waals surface area contributed by atoms with Crippen LogP contribution in [0.15, 0.2) is 65.6 Å². The summed E-state index contributed by atoms with van der Waals surface area (Å²) in [5.41, 5.74) is 1.22. The second-order valence-corrected chi connectivity index (χ2v) is 6.77. The molecule has 0 heterocycles. The Hall–Kier alpha value is -1.78. The molecule has 0 radical (unpaired) electrons. The van der Waals surface area contributed by atoms with Gasteiger partial charge in [0.1, 0.15) is 0 Å². The first-order valence-corrected chi connectivity index (χ1v) is 8.81. The molecular formula is C19H24N2OS. The molecular weight excluding hydrogens is 304 g/mol. The van der Waals surface area contributed by atoms with Gasteiger partial charge in [0.05, 0.1) is 6.04 Å². The number of carbonyl (C=O) groups excluding carboxylic acids is 1. The summed E-state index contributed by atoms with van der Waals surface area (Å²) >= 11 is 1.71. The summed E-state index contributed by atoms with van der Waals surface area (Å²) in [5, 5.41) is 3.05. The van der Waals surface area contributed by atoms with Crippen molar-refractivity contribution in [2.45, 2.75) is 17.4 Å². The Morgan fingerprint density at radius 3 is 2.26 bits per heavy atom. The zero-order valence-electron chi connectivity index (χ0n) is 13.7. The van der Waals surface area contributed by atoms with Gasteiger partial charge in [-0.15, -0.1) is 11.8 Å². The summed E-state index contributed by atoms with van der Waals surface area (Å²) in [5.74, 6) is 0.907.